The van der Waals surface area contributed by atoms with Crippen molar-refractivity contribution in [2.24, 2.45) is 0 Å². The zero-order valence-electron chi connectivity index (χ0n) is 21.0. The van der Waals surface area contributed by atoms with Gasteiger partial charge in [-0.2, -0.15) is 17.6 Å². The fraction of sp³-hybridized carbons (Fsp3) is 0.400. The Morgan fingerprint density at radius 3 is 2.11 bits per heavy atom. The molecule has 188 valence electrons. The summed E-state index contributed by atoms with van der Waals surface area (Å²) in [5.41, 5.74) is -0.128. The second kappa shape index (κ2) is 9.33. The molecule has 0 radical (unpaired) electrons. The number of anilines is 1. The summed E-state index contributed by atoms with van der Waals surface area (Å²) in [6, 6.07) is 11.1. The van der Waals surface area contributed by atoms with Crippen molar-refractivity contribution in [1.29, 1.82) is 0 Å². The van der Waals surface area contributed by atoms with Gasteiger partial charge in [0.05, 0.1) is 16.6 Å². The van der Waals surface area contributed by atoms with E-state index in [1.165, 1.54) is 24.4 Å². The Labute approximate surface area is 205 Å². The summed E-state index contributed by atoms with van der Waals surface area (Å²) in [7, 11) is -4.00. The van der Waals surface area contributed by atoms with Gasteiger partial charge in [0.1, 0.15) is 17.7 Å². The Morgan fingerprint density at radius 1 is 0.943 bits per heavy atom. The normalized spacial score (nSPS) is 12.4. The van der Waals surface area contributed by atoms with E-state index >= 15 is 0 Å². The molecule has 0 saturated carbocycles. The molecule has 0 aliphatic carbocycles. The molecule has 1 aromatic heterocycles. The molecule has 1 amide bonds. The molecule has 35 heavy (non-hydrogen) atoms. The predicted octanol–water partition coefficient (Wildman–Crippen LogP) is 4.66. The molecule has 0 fully saturated rings. The first-order valence-electron chi connectivity index (χ1n) is 11.1. The second-order valence-electron chi connectivity index (χ2n) is 10.2. The van der Waals surface area contributed by atoms with Crippen LogP contribution in [0.1, 0.15) is 47.1 Å². The summed E-state index contributed by atoms with van der Waals surface area (Å²) in [6.45, 7) is 11.8. The van der Waals surface area contributed by atoms with E-state index in [4.69, 9.17) is 9.47 Å². The van der Waals surface area contributed by atoms with Gasteiger partial charge in [-0.15, -0.1) is 0 Å². The fourth-order valence-corrected chi connectivity index (χ4v) is 4.50. The zero-order valence-corrected chi connectivity index (χ0v) is 21.8. The summed E-state index contributed by atoms with van der Waals surface area (Å²) in [6.07, 6.45) is 0.659. The zero-order chi connectivity index (χ0) is 26.2. The highest BCUT2D eigenvalue weighted by Crippen LogP contribution is 2.27. The van der Waals surface area contributed by atoms with Gasteiger partial charge < -0.3 is 9.47 Å². The summed E-state index contributed by atoms with van der Waals surface area (Å²) in [5.74, 6) is -0.635. The van der Waals surface area contributed by atoms with Crippen LogP contribution in [-0.4, -0.2) is 47.4 Å². The summed E-state index contributed by atoms with van der Waals surface area (Å²) < 4.78 is 38.4. The minimum atomic E-state index is -4.00. The van der Waals surface area contributed by atoms with Crippen LogP contribution >= 0.6 is 0 Å². The van der Waals surface area contributed by atoms with Crippen LogP contribution < -0.4 is 4.90 Å². The number of rotatable bonds is 5. The number of amides is 1. The van der Waals surface area contributed by atoms with Crippen LogP contribution in [-0.2, 0) is 24.3 Å². The van der Waals surface area contributed by atoms with E-state index in [-0.39, 0.29) is 16.1 Å². The van der Waals surface area contributed by atoms with Crippen molar-refractivity contribution < 1.29 is 27.5 Å². The van der Waals surface area contributed by atoms with Crippen molar-refractivity contribution in [3.63, 3.8) is 0 Å². The quantitative estimate of drug-likeness (QED) is 0.468. The van der Waals surface area contributed by atoms with E-state index in [0.717, 1.165) is 14.6 Å². The molecule has 0 spiro atoms. The Hall–Kier alpha value is -3.40. The predicted molar refractivity (Wildman–Crippen MR) is 133 cm³/mol. The van der Waals surface area contributed by atoms with Crippen molar-refractivity contribution in [3.05, 3.63) is 54.2 Å². The van der Waals surface area contributed by atoms with E-state index in [1.54, 1.807) is 65.8 Å². The van der Waals surface area contributed by atoms with E-state index in [9.17, 15) is 18.0 Å². The van der Waals surface area contributed by atoms with E-state index in [1.807, 2.05) is 6.92 Å². The van der Waals surface area contributed by atoms with Crippen LogP contribution in [0.4, 0.5) is 10.5 Å². The largest absolute Gasteiger partial charge is 0.459 e. The maximum Gasteiger partial charge on any atom is 0.415 e. The SMILES string of the molecule is Cc1ccc(S(=O)(=O)n2ncc3ccc(N(CC(=O)OC(C)(C)C)C(=O)OC(C)(C)C)cc32)cc1. The van der Waals surface area contributed by atoms with Crippen molar-refractivity contribution >= 4 is 38.7 Å². The average Bonchev–Trinajstić information content (AvgIpc) is 3.13. The summed E-state index contributed by atoms with van der Waals surface area (Å²) in [4.78, 5) is 26.8. The minimum Gasteiger partial charge on any atom is -0.459 e. The molecule has 3 rings (SSSR count). The maximum atomic E-state index is 13.3. The van der Waals surface area contributed by atoms with Gasteiger partial charge in [0.2, 0.25) is 0 Å². The van der Waals surface area contributed by atoms with Gasteiger partial charge in [-0.3, -0.25) is 9.69 Å². The lowest BCUT2D eigenvalue weighted by atomic mass is 10.2. The summed E-state index contributed by atoms with van der Waals surface area (Å²) in [5, 5.41) is 4.63. The highest BCUT2D eigenvalue weighted by Gasteiger charge is 2.29. The topological polar surface area (TPSA) is 108 Å². The van der Waals surface area contributed by atoms with Crippen LogP contribution in [0, 0.1) is 6.92 Å². The van der Waals surface area contributed by atoms with Crippen LogP contribution in [0.3, 0.4) is 0 Å². The minimum absolute atomic E-state index is 0.0799. The molecule has 9 nitrogen and oxygen atoms in total. The third kappa shape index (κ3) is 6.39. The molecule has 0 aliphatic rings. The van der Waals surface area contributed by atoms with Crippen molar-refractivity contribution in [3.8, 4) is 0 Å². The van der Waals surface area contributed by atoms with Crippen LogP contribution in [0.15, 0.2) is 53.6 Å². The van der Waals surface area contributed by atoms with Crippen LogP contribution in [0.5, 0.6) is 0 Å². The van der Waals surface area contributed by atoms with Crippen molar-refractivity contribution in [2.75, 3.05) is 11.4 Å². The number of aryl methyl sites for hydroxylation is 1. The molecule has 1 heterocycles. The maximum absolute atomic E-state index is 13.3. The number of ether oxygens (including phenoxy) is 2. The highest BCUT2D eigenvalue weighted by atomic mass is 32.2. The van der Waals surface area contributed by atoms with Crippen molar-refractivity contribution in [1.82, 2.24) is 9.19 Å². The molecule has 10 heteroatoms. The molecule has 3 aromatic rings. The van der Waals surface area contributed by atoms with Gasteiger partial charge >= 0.3 is 12.1 Å². The molecule has 0 N–H and O–H groups in total. The smallest absolute Gasteiger partial charge is 0.415 e. The van der Waals surface area contributed by atoms with Gasteiger partial charge in [-0.1, -0.05) is 17.7 Å². The lowest BCUT2D eigenvalue weighted by molar-refractivity contribution is -0.153. The number of hydrogen-bond acceptors (Lipinski definition) is 7. The molecule has 2 aromatic carbocycles. The van der Waals surface area contributed by atoms with Gasteiger partial charge in [0.25, 0.3) is 10.0 Å². The van der Waals surface area contributed by atoms with Crippen LogP contribution in [0.2, 0.25) is 0 Å². The second-order valence-corrected chi connectivity index (χ2v) is 12.0. The number of esters is 1. The monoisotopic (exact) mass is 501 g/mol. The number of benzene rings is 2. The standard InChI is InChI=1S/C25H31N3O6S/c1-17-8-12-20(13-9-17)35(31,32)28-21-14-19(11-10-18(21)15-26-28)27(23(30)34-25(5,6)7)16-22(29)33-24(2,3)4/h8-15H,16H2,1-7H3. The molecule has 0 atom stereocenters. The highest BCUT2D eigenvalue weighted by molar-refractivity contribution is 7.90. The molecule has 0 unspecified atom stereocenters. The Bertz CT molecular complexity index is 1350. The van der Waals surface area contributed by atoms with E-state index in [2.05, 4.69) is 5.10 Å². The number of nitrogens with zero attached hydrogens (tertiary/aromatic N) is 3. The molecule has 0 saturated heterocycles. The number of carbonyl (C=O) groups is 2. The first-order chi connectivity index (χ1) is 16.1. The third-order valence-electron chi connectivity index (χ3n) is 4.70. The third-order valence-corrected chi connectivity index (χ3v) is 6.32. The lowest BCUT2D eigenvalue weighted by Gasteiger charge is -2.28. The Kier molecular flexibility index (Phi) is 6.99. The van der Waals surface area contributed by atoms with Crippen molar-refractivity contribution in [2.45, 2.75) is 64.6 Å². The lowest BCUT2D eigenvalue weighted by Crippen LogP contribution is -2.41. The van der Waals surface area contributed by atoms with E-state index in [0.29, 0.717) is 5.39 Å². The molecule has 0 bridgehead atoms. The molecular formula is C25H31N3O6S. The number of carbonyl (C=O) groups excluding carboxylic acids is 2. The molecular weight excluding hydrogens is 470 g/mol. The summed E-state index contributed by atoms with van der Waals surface area (Å²) >= 11 is 0. The number of fused-ring (bicyclic) bond motifs is 1. The van der Waals surface area contributed by atoms with Gasteiger partial charge in [-0.05, 0) is 78.8 Å². The van der Waals surface area contributed by atoms with Gasteiger partial charge in [0, 0.05) is 11.1 Å². The number of hydrogen-bond donors (Lipinski definition) is 0. The Morgan fingerprint density at radius 2 is 1.54 bits per heavy atom. The number of aromatic nitrogens is 2. The first kappa shape index (κ1) is 26.2. The first-order valence-corrected chi connectivity index (χ1v) is 12.5. The average molecular weight is 502 g/mol. The van der Waals surface area contributed by atoms with E-state index < -0.39 is 39.8 Å². The van der Waals surface area contributed by atoms with Gasteiger partial charge in [-0.25, -0.2) is 4.79 Å². The Balaban J connectivity index is 2.07. The fourth-order valence-electron chi connectivity index (χ4n) is 3.23. The van der Waals surface area contributed by atoms with Gasteiger partial charge in [0.15, 0.2) is 0 Å². The van der Waals surface area contributed by atoms with Crippen LogP contribution in [0.25, 0.3) is 10.9 Å². The molecule has 0 aliphatic heterocycles.